The van der Waals surface area contributed by atoms with E-state index in [9.17, 15) is 0 Å². The van der Waals surface area contributed by atoms with Crippen LogP contribution < -0.4 is 20.0 Å². The third-order valence-electron chi connectivity index (χ3n) is 24.0. The highest BCUT2D eigenvalue weighted by atomic mass is 79.9. The maximum atomic E-state index is 3.53. The first-order valence-electron chi connectivity index (χ1n) is 43.9. The fourth-order valence-corrected chi connectivity index (χ4v) is 18.1. The highest BCUT2D eigenvalue weighted by Crippen LogP contribution is 2.48. The summed E-state index contributed by atoms with van der Waals surface area (Å²) in [5, 5.41) is 13.6. The first-order valence-corrected chi connectivity index (χ1v) is 44.7. The van der Waals surface area contributed by atoms with Crippen LogP contribution in [-0.2, 0) is 0 Å². The van der Waals surface area contributed by atoms with Crippen LogP contribution in [0.15, 0.2) is 538 Å². The SMILES string of the molecule is Brc1ccc(-c2ccc(-c3c4ccccc4c(-c4ccccc4)c4ccccc34)cc2)cc1.C.c1ccc(-c2c3ccccc3c(-c3ccc(-c4ccc(N(c5ccccc5)c5ccc(-c6ccc(N(c7ccccc7)c7ccccc7)cc6)cc5)cc4)cc3)c3ccccc23)cc1.c1ccc(Nc2ccc(-c3ccc(N(c4ccccc4)c4ccccc4)cc3)cc2)cc1. The number of para-hydroxylation sites is 6. The molecule has 0 spiro atoms. The number of hydrogen-bond acceptors (Lipinski definition) is 4. The lowest BCUT2D eigenvalue weighted by Crippen LogP contribution is -2.09. The van der Waals surface area contributed by atoms with Crippen molar-refractivity contribution in [2.45, 2.75) is 7.43 Å². The van der Waals surface area contributed by atoms with Crippen LogP contribution in [0.5, 0.6) is 0 Å². The second-order valence-electron chi connectivity index (χ2n) is 32.0. The predicted molar refractivity (Wildman–Crippen MR) is 561 cm³/mol. The van der Waals surface area contributed by atoms with Crippen LogP contribution >= 0.6 is 15.9 Å². The van der Waals surface area contributed by atoms with E-state index in [1.54, 1.807) is 0 Å². The summed E-state index contributed by atoms with van der Waals surface area (Å²) in [6.45, 7) is 0. The summed E-state index contributed by atoms with van der Waals surface area (Å²) in [7, 11) is 0. The summed E-state index contributed by atoms with van der Waals surface area (Å²) in [6.07, 6.45) is 0. The average Bonchev–Trinajstić information content (AvgIpc) is 0.737. The Morgan fingerprint density at radius 2 is 0.277 bits per heavy atom. The molecule has 1 N–H and O–H groups in total. The third kappa shape index (κ3) is 18.0. The zero-order valence-electron chi connectivity index (χ0n) is 71.0. The monoisotopic (exact) mass is 1730 g/mol. The van der Waals surface area contributed by atoms with Crippen LogP contribution in [0, 0.1) is 0 Å². The second-order valence-corrected chi connectivity index (χ2v) is 32.9. The van der Waals surface area contributed by atoms with Crippen molar-refractivity contribution < 1.29 is 0 Å². The lowest BCUT2D eigenvalue weighted by atomic mass is 9.86. The molecule has 0 atom stereocenters. The van der Waals surface area contributed by atoms with Crippen LogP contribution in [-0.4, -0.2) is 0 Å². The molecule has 0 aliphatic rings. The molecule has 0 saturated heterocycles. The fraction of sp³-hybridized carbons (Fsp3) is 0.00800. The number of rotatable bonds is 19. The minimum Gasteiger partial charge on any atom is -0.356 e. The first kappa shape index (κ1) is 83.1. The van der Waals surface area contributed by atoms with Gasteiger partial charge >= 0.3 is 0 Å². The van der Waals surface area contributed by atoms with Gasteiger partial charge in [-0.15, -0.1) is 0 Å². The van der Waals surface area contributed by atoms with Crippen molar-refractivity contribution in [1.29, 1.82) is 0 Å². The molecule has 22 aromatic rings. The molecule has 22 rings (SSSR count). The summed E-state index contributed by atoms with van der Waals surface area (Å²) in [4.78, 5) is 6.89. The highest BCUT2D eigenvalue weighted by Gasteiger charge is 2.22. The van der Waals surface area contributed by atoms with Crippen molar-refractivity contribution in [2.24, 2.45) is 0 Å². The molecule has 0 aliphatic heterocycles. The fourth-order valence-electron chi connectivity index (χ4n) is 17.9. The Hall–Kier alpha value is -16.4. The molecule has 5 heteroatoms. The highest BCUT2D eigenvalue weighted by molar-refractivity contribution is 9.10. The van der Waals surface area contributed by atoms with E-state index in [0.29, 0.717) is 0 Å². The van der Waals surface area contributed by atoms with Crippen LogP contribution in [0.4, 0.5) is 62.6 Å². The molecule has 0 radical (unpaired) electrons. The molecular formula is C125H93BrN4. The van der Waals surface area contributed by atoms with Gasteiger partial charge in [0.2, 0.25) is 0 Å². The Kier molecular flexibility index (Phi) is 24.9. The van der Waals surface area contributed by atoms with Crippen molar-refractivity contribution >= 4 is 122 Å². The Labute approximate surface area is 770 Å². The Balaban J connectivity index is 0.000000139. The molecule has 0 fully saturated rings. The summed E-state index contributed by atoms with van der Waals surface area (Å²) < 4.78 is 1.10. The standard InChI is InChI=1S/C62H44N2.C32H21Br.C30H24N2.CH4/c1-5-17-49(18-6-1)61-57-25-13-15-27-59(57)62(60-28-16-14-26-58(60)61)50-31-29-45(30-32-50)46-33-41-55(42-34-46)64(53-23-11-4-12-24-53)56-43-37-48(38-44-56)47-35-39-54(40-36-47)63(51-19-7-2-8-20-51)52-21-9-3-10-22-52;33-26-20-18-23(19-21-26)22-14-16-25(17-15-22)32-29-12-6-4-10-27(29)31(24-8-2-1-3-9-24)28-11-5-7-13-30(28)32;1-4-10-26(11-5-1)31-27-20-16-24(17-21-27)25-18-22-30(23-19-25)32(28-12-6-2-7-13-28)29-14-8-3-9-15-29;/h1-44H;1-21H;1-23,31H;1H4. The summed E-state index contributed by atoms with van der Waals surface area (Å²) in [5.74, 6) is 0. The van der Waals surface area contributed by atoms with Crippen molar-refractivity contribution in [2.75, 3.05) is 20.0 Å². The molecule has 0 aliphatic carbocycles. The van der Waals surface area contributed by atoms with Crippen molar-refractivity contribution in [3.8, 4) is 89.0 Å². The maximum Gasteiger partial charge on any atom is 0.0462 e. The van der Waals surface area contributed by atoms with E-state index in [1.165, 1.54) is 132 Å². The summed E-state index contributed by atoms with van der Waals surface area (Å²) >= 11 is 3.53. The smallest absolute Gasteiger partial charge is 0.0462 e. The van der Waals surface area contributed by atoms with Crippen LogP contribution in [0.2, 0.25) is 0 Å². The maximum absolute atomic E-state index is 3.53. The van der Waals surface area contributed by atoms with Gasteiger partial charge in [-0.25, -0.2) is 0 Å². The van der Waals surface area contributed by atoms with Gasteiger partial charge in [0.25, 0.3) is 0 Å². The molecule has 0 bridgehead atoms. The molecule has 130 heavy (non-hydrogen) atoms. The molecule has 0 unspecified atom stereocenters. The largest absolute Gasteiger partial charge is 0.356 e. The van der Waals surface area contributed by atoms with Gasteiger partial charge in [0, 0.05) is 67.0 Å². The molecule has 0 amide bonds. The van der Waals surface area contributed by atoms with Crippen molar-refractivity contribution in [1.82, 2.24) is 0 Å². The normalized spacial score (nSPS) is 10.9. The number of fused-ring (bicyclic) bond motifs is 4. The van der Waals surface area contributed by atoms with Crippen LogP contribution in [0.1, 0.15) is 7.43 Å². The molecule has 620 valence electrons. The van der Waals surface area contributed by atoms with Gasteiger partial charge in [0.05, 0.1) is 0 Å². The number of nitrogens with one attached hydrogen (secondary N) is 1. The van der Waals surface area contributed by atoms with Gasteiger partial charge < -0.3 is 20.0 Å². The Morgan fingerprint density at radius 1 is 0.131 bits per heavy atom. The van der Waals surface area contributed by atoms with Gasteiger partial charge in [0.1, 0.15) is 0 Å². The number of anilines is 11. The number of hydrogen-bond donors (Lipinski definition) is 1. The van der Waals surface area contributed by atoms with Gasteiger partial charge in [-0.3, -0.25) is 0 Å². The predicted octanol–water partition coefficient (Wildman–Crippen LogP) is 36.6. The Morgan fingerprint density at radius 3 is 0.500 bits per heavy atom. The second kappa shape index (κ2) is 39.0. The zero-order valence-corrected chi connectivity index (χ0v) is 72.6. The summed E-state index contributed by atoms with van der Waals surface area (Å²) in [5.41, 5.74) is 31.9. The van der Waals surface area contributed by atoms with Crippen LogP contribution in [0.3, 0.4) is 0 Å². The van der Waals surface area contributed by atoms with Crippen molar-refractivity contribution in [3.05, 3.63) is 538 Å². The lowest BCUT2D eigenvalue weighted by molar-refractivity contribution is 1.28. The quantitative estimate of drug-likeness (QED) is 0.0815. The van der Waals surface area contributed by atoms with E-state index in [0.717, 1.165) is 67.0 Å². The molecule has 22 aromatic carbocycles. The van der Waals surface area contributed by atoms with Crippen LogP contribution in [0.25, 0.3) is 132 Å². The number of halogens is 1. The molecular weight excluding hydrogens is 1640 g/mol. The first-order chi connectivity index (χ1) is 63.9. The zero-order chi connectivity index (χ0) is 86.4. The number of benzene rings is 22. The van der Waals surface area contributed by atoms with E-state index in [2.05, 4.69) is 539 Å². The molecule has 0 heterocycles. The molecule has 0 aromatic heterocycles. The topological polar surface area (TPSA) is 21.8 Å². The molecule has 4 nitrogen and oxygen atoms in total. The van der Waals surface area contributed by atoms with Gasteiger partial charge in [-0.2, -0.15) is 0 Å². The van der Waals surface area contributed by atoms with Gasteiger partial charge in [-0.05, 0) is 278 Å². The minimum absolute atomic E-state index is 0. The lowest BCUT2D eigenvalue weighted by Gasteiger charge is -2.26. The van der Waals surface area contributed by atoms with E-state index < -0.39 is 0 Å². The van der Waals surface area contributed by atoms with Gasteiger partial charge in [-0.1, -0.05) is 412 Å². The van der Waals surface area contributed by atoms with E-state index >= 15 is 0 Å². The average molecular weight is 1730 g/mol. The van der Waals surface area contributed by atoms with E-state index in [1.807, 2.05) is 30.3 Å². The third-order valence-corrected chi connectivity index (χ3v) is 24.6. The van der Waals surface area contributed by atoms with E-state index in [4.69, 9.17) is 0 Å². The summed E-state index contributed by atoms with van der Waals surface area (Å²) in [6, 6.07) is 190. The van der Waals surface area contributed by atoms with Gasteiger partial charge in [0.15, 0.2) is 0 Å². The van der Waals surface area contributed by atoms with Crippen molar-refractivity contribution in [3.63, 3.8) is 0 Å². The number of nitrogens with zero attached hydrogens (tertiary/aromatic N) is 3. The molecule has 0 saturated carbocycles. The Bertz CT molecular complexity index is 7320. The van der Waals surface area contributed by atoms with E-state index in [-0.39, 0.29) is 7.43 Å². The minimum atomic E-state index is 0.